The van der Waals surface area contributed by atoms with Crippen molar-refractivity contribution in [2.24, 2.45) is 0 Å². The first kappa shape index (κ1) is 24.9. The lowest BCUT2D eigenvalue weighted by Crippen LogP contribution is -2.17. The molecule has 34 heavy (non-hydrogen) atoms. The van der Waals surface area contributed by atoms with E-state index in [0.717, 1.165) is 36.2 Å². The van der Waals surface area contributed by atoms with Crippen LogP contribution < -0.4 is 5.32 Å². The Hall–Kier alpha value is -2.17. The van der Waals surface area contributed by atoms with Crippen LogP contribution in [0.4, 0.5) is 5.00 Å². The number of aryl methyl sites for hydroxylation is 1. The Morgan fingerprint density at radius 3 is 2.71 bits per heavy atom. The van der Waals surface area contributed by atoms with Crippen LogP contribution in [-0.2, 0) is 22.4 Å². The van der Waals surface area contributed by atoms with Crippen LogP contribution in [0.1, 0.15) is 78.7 Å². The zero-order valence-corrected chi connectivity index (χ0v) is 22.6. The highest BCUT2D eigenvalue weighted by atomic mass is 32.2. The summed E-state index contributed by atoms with van der Waals surface area (Å²) in [6, 6.07) is 2.32. The summed E-state index contributed by atoms with van der Waals surface area (Å²) in [6.07, 6.45) is 2.83. The summed E-state index contributed by atoms with van der Waals surface area (Å²) < 4.78 is 7.33. The smallest absolute Gasteiger partial charge is 0.341 e. The summed E-state index contributed by atoms with van der Waals surface area (Å²) in [4.78, 5) is 27.9. The number of amides is 1. The minimum absolute atomic E-state index is 0.147. The highest BCUT2D eigenvalue weighted by molar-refractivity contribution is 7.99. The fourth-order valence-electron chi connectivity index (χ4n) is 4.01. The molecular weight excluding hydrogens is 488 g/mol. The molecule has 3 aromatic rings. The minimum Gasteiger partial charge on any atom is -0.462 e. The molecule has 1 amide bonds. The van der Waals surface area contributed by atoms with E-state index in [1.807, 2.05) is 0 Å². The molecule has 0 aromatic carbocycles. The summed E-state index contributed by atoms with van der Waals surface area (Å²) in [5.41, 5.74) is 2.62. The molecule has 3 heterocycles. The Morgan fingerprint density at radius 1 is 1.24 bits per heavy atom. The van der Waals surface area contributed by atoms with Gasteiger partial charge in [0.25, 0.3) is 0 Å². The van der Waals surface area contributed by atoms with E-state index >= 15 is 0 Å². The van der Waals surface area contributed by atoms with Crippen LogP contribution in [0.25, 0.3) is 11.4 Å². The van der Waals surface area contributed by atoms with Gasteiger partial charge in [-0.15, -0.1) is 32.9 Å². The standard InChI is InChI=1S/C24H30N4O3S3/c1-6-31-23(30)20-16-8-7-9-17(16)34-22(20)25-19(29)12-33-24-27-26-21(28(24)14(4)5)15-10-18(13(2)3)32-11-15/h10-11,13-14H,6-9,12H2,1-5H3,(H,25,29). The lowest BCUT2D eigenvalue weighted by atomic mass is 10.1. The van der Waals surface area contributed by atoms with Crippen LogP contribution in [0.2, 0.25) is 0 Å². The van der Waals surface area contributed by atoms with E-state index in [0.29, 0.717) is 28.2 Å². The maximum atomic E-state index is 12.8. The van der Waals surface area contributed by atoms with Crippen molar-refractivity contribution in [2.75, 3.05) is 17.7 Å². The zero-order valence-electron chi connectivity index (χ0n) is 20.1. The monoisotopic (exact) mass is 518 g/mol. The fraction of sp³-hybridized carbons (Fsp3) is 0.500. The van der Waals surface area contributed by atoms with E-state index in [4.69, 9.17) is 4.74 Å². The molecule has 1 N–H and O–H groups in total. The average molecular weight is 519 g/mol. The normalized spacial score (nSPS) is 13.0. The minimum atomic E-state index is -0.356. The third kappa shape index (κ3) is 5.08. The van der Waals surface area contributed by atoms with Crippen LogP contribution in [0, 0.1) is 0 Å². The highest BCUT2D eigenvalue weighted by Crippen LogP contribution is 2.40. The van der Waals surface area contributed by atoms with E-state index in [-0.39, 0.29) is 23.7 Å². The Morgan fingerprint density at radius 2 is 2.03 bits per heavy atom. The Balaban J connectivity index is 1.49. The average Bonchev–Trinajstić information content (AvgIpc) is 3.54. The lowest BCUT2D eigenvalue weighted by molar-refractivity contribution is -0.113. The van der Waals surface area contributed by atoms with Crippen LogP contribution >= 0.6 is 34.4 Å². The molecule has 0 fully saturated rings. The molecule has 0 unspecified atom stereocenters. The van der Waals surface area contributed by atoms with E-state index in [2.05, 4.69) is 59.2 Å². The molecule has 0 spiro atoms. The van der Waals surface area contributed by atoms with Gasteiger partial charge in [0, 0.05) is 26.7 Å². The number of aromatic nitrogens is 3. The van der Waals surface area contributed by atoms with Crippen molar-refractivity contribution in [1.29, 1.82) is 0 Å². The first-order chi connectivity index (χ1) is 16.3. The number of fused-ring (bicyclic) bond motifs is 1. The third-order valence-electron chi connectivity index (χ3n) is 5.61. The van der Waals surface area contributed by atoms with Crippen LogP contribution in [0.15, 0.2) is 16.6 Å². The Bertz CT molecular complexity index is 1190. The van der Waals surface area contributed by atoms with Gasteiger partial charge in [-0.25, -0.2) is 4.79 Å². The van der Waals surface area contributed by atoms with Crippen molar-refractivity contribution in [3.05, 3.63) is 32.3 Å². The van der Waals surface area contributed by atoms with Gasteiger partial charge in [-0.05, 0) is 57.6 Å². The van der Waals surface area contributed by atoms with Crippen LogP contribution in [0.5, 0.6) is 0 Å². The quantitative estimate of drug-likeness (QED) is 0.269. The molecule has 3 aromatic heterocycles. The van der Waals surface area contributed by atoms with Crippen molar-refractivity contribution < 1.29 is 14.3 Å². The molecule has 1 aliphatic carbocycles. The number of hydrogen-bond donors (Lipinski definition) is 1. The first-order valence-electron chi connectivity index (χ1n) is 11.6. The van der Waals surface area contributed by atoms with E-state index in [1.54, 1.807) is 18.3 Å². The number of ether oxygens (including phenoxy) is 1. The second-order valence-corrected chi connectivity index (χ2v) is 11.8. The van der Waals surface area contributed by atoms with Crippen molar-refractivity contribution in [3.8, 4) is 11.4 Å². The number of carbonyl (C=O) groups excluding carboxylic acids is 2. The predicted molar refractivity (Wildman–Crippen MR) is 139 cm³/mol. The first-order valence-corrected chi connectivity index (χ1v) is 14.3. The predicted octanol–water partition coefficient (Wildman–Crippen LogP) is 6.17. The SMILES string of the molecule is CCOC(=O)c1c(NC(=O)CSc2nnc(-c3csc(C(C)C)c3)n2C(C)C)sc2c1CCC2. The molecule has 0 saturated carbocycles. The van der Waals surface area contributed by atoms with E-state index in [9.17, 15) is 9.59 Å². The van der Waals surface area contributed by atoms with Gasteiger partial charge in [0.1, 0.15) is 5.00 Å². The number of rotatable bonds is 9. The van der Waals surface area contributed by atoms with Gasteiger partial charge >= 0.3 is 5.97 Å². The third-order valence-corrected chi connectivity index (χ3v) is 9.00. The highest BCUT2D eigenvalue weighted by Gasteiger charge is 2.28. The van der Waals surface area contributed by atoms with Crippen LogP contribution in [0.3, 0.4) is 0 Å². The molecule has 0 radical (unpaired) electrons. The van der Waals surface area contributed by atoms with Crippen molar-refractivity contribution in [2.45, 2.75) is 71.0 Å². The van der Waals surface area contributed by atoms with Gasteiger partial charge in [0.2, 0.25) is 5.91 Å². The summed E-state index contributed by atoms with van der Waals surface area (Å²) in [5.74, 6) is 0.931. The number of thiophene rings is 2. The van der Waals surface area contributed by atoms with Crippen molar-refractivity contribution >= 4 is 51.3 Å². The molecule has 10 heteroatoms. The maximum absolute atomic E-state index is 12.8. The second kappa shape index (κ2) is 10.6. The molecule has 4 rings (SSSR count). The number of hydrogen-bond acceptors (Lipinski definition) is 8. The van der Waals surface area contributed by atoms with Crippen LogP contribution in [-0.4, -0.2) is 39.0 Å². The summed E-state index contributed by atoms with van der Waals surface area (Å²) in [7, 11) is 0. The molecule has 0 aliphatic heterocycles. The van der Waals surface area contributed by atoms with Gasteiger partial charge in [-0.2, -0.15) is 0 Å². The van der Waals surface area contributed by atoms with Gasteiger partial charge < -0.3 is 10.1 Å². The molecule has 0 atom stereocenters. The fourth-order valence-corrected chi connectivity index (χ4v) is 7.08. The number of nitrogens with zero attached hydrogens (tertiary/aromatic N) is 3. The number of carbonyl (C=O) groups is 2. The molecule has 0 bridgehead atoms. The maximum Gasteiger partial charge on any atom is 0.341 e. The van der Waals surface area contributed by atoms with Crippen molar-refractivity contribution in [3.63, 3.8) is 0 Å². The zero-order chi connectivity index (χ0) is 24.4. The Labute approximate surface area is 212 Å². The van der Waals surface area contributed by atoms with E-state index < -0.39 is 0 Å². The second-order valence-electron chi connectivity index (χ2n) is 8.78. The number of anilines is 1. The van der Waals surface area contributed by atoms with E-state index in [1.165, 1.54) is 32.9 Å². The van der Waals surface area contributed by atoms with Gasteiger partial charge in [-0.1, -0.05) is 25.6 Å². The molecule has 7 nitrogen and oxygen atoms in total. The molecule has 1 aliphatic rings. The van der Waals surface area contributed by atoms with Gasteiger partial charge in [-0.3, -0.25) is 9.36 Å². The number of nitrogens with one attached hydrogen (secondary N) is 1. The largest absolute Gasteiger partial charge is 0.462 e. The molecule has 182 valence electrons. The topological polar surface area (TPSA) is 86.1 Å². The summed E-state index contributed by atoms with van der Waals surface area (Å²) in [5, 5.41) is 15.2. The molecular formula is C24H30N4O3S3. The summed E-state index contributed by atoms with van der Waals surface area (Å²) >= 11 is 4.58. The lowest BCUT2D eigenvalue weighted by Gasteiger charge is -2.13. The van der Waals surface area contributed by atoms with Gasteiger partial charge in [0.15, 0.2) is 11.0 Å². The summed E-state index contributed by atoms with van der Waals surface area (Å²) in [6.45, 7) is 10.6. The number of esters is 1. The van der Waals surface area contributed by atoms with Gasteiger partial charge in [0.05, 0.1) is 17.9 Å². The Kier molecular flexibility index (Phi) is 7.79. The van der Waals surface area contributed by atoms with Crippen molar-refractivity contribution in [1.82, 2.24) is 14.8 Å². The molecule has 0 saturated heterocycles. The number of thioether (sulfide) groups is 1.